The second-order valence-corrected chi connectivity index (χ2v) is 4.40. The van der Waals surface area contributed by atoms with Crippen LogP contribution in [0.15, 0.2) is 0 Å². The molecular weight excluding hydrogens is 218 g/mol. The Hall–Kier alpha value is -0.690. The molecule has 0 aliphatic carbocycles. The molecule has 0 saturated heterocycles. The molecule has 0 spiro atoms. The predicted octanol–water partition coefficient (Wildman–Crippen LogP) is -1.38. The Morgan fingerprint density at radius 3 is 2.06 bits per heavy atom. The topological polar surface area (TPSA) is 87.6 Å². The number of nitrogens with two attached hydrogens (primary N) is 2. The smallest absolute Gasteiger partial charge is 0.235 e. The van der Waals surface area contributed by atoms with E-state index >= 15 is 0 Å². The van der Waals surface area contributed by atoms with E-state index in [1.165, 1.54) is 0 Å². The lowest BCUT2D eigenvalue weighted by Crippen LogP contribution is -2.42. The number of hydrogen-bond acceptors (Lipinski definition) is 5. The Morgan fingerprint density at radius 2 is 1.65 bits per heavy atom. The highest BCUT2D eigenvalue weighted by atomic mass is 16.2. The van der Waals surface area contributed by atoms with Crippen molar-refractivity contribution >= 4 is 5.91 Å². The summed E-state index contributed by atoms with van der Waals surface area (Å²) in [4.78, 5) is 15.5. The molecule has 0 fully saturated rings. The second kappa shape index (κ2) is 10.5. The van der Waals surface area contributed by atoms with Gasteiger partial charge in [0.2, 0.25) is 5.91 Å². The first kappa shape index (κ1) is 16.3. The highest BCUT2D eigenvalue weighted by Crippen LogP contribution is 1.91. The summed E-state index contributed by atoms with van der Waals surface area (Å²) >= 11 is 0. The number of carbonyl (C=O) groups is 1. The number of hydrogen-bond donors (Lipinski definition) is 3. The van der Waals surface area contributed by atoms with E-state index in [0.717, 1.165) is 25.9 Å². The number of carbonyl (C=O) groups excluding carboxylic acids is 1. The van der Waals surface area contributed by atoms with Crippen LogP contribution in [-0.4, -0.2) is 69.2 Å². The van der Waals surface area contributed by atoms with E-state index in [2.05, 4.69) is 10.2 Å². The number of likely N-dealkylation sites (N-methyl/N-ethyl adjacent to an activating group) is 1. The van der Waals surface area contributed by atoms with E-state index in [9.17, 15) is 4.79 Å². The zero-order valence-corrected chi connectivity index (χ0v) is 11.1. The normalized spacial score (nSPS) is 11.2. The molecule has 0 aliphatic rings. The minimum Gasteiger partial charge on any atom is -0.342 e. The third-order valence-electron chi connectivity index (χ3n) is 2.32. The summed E-state index contributed by atoms with van der Waals surface area (Å²) in [6.45, 7) is 4.14. The Kier molecular flexibility index (Phi) is 10.0. The molecule has 0 rings (SSSR count). The average molecular weight is 245 g/mol. The summed E-state index contributed by atoms with van der Waals surface area (Å²) in [6, 6.07) is 0. The van der Waals surface area contributed by atoms with Crippen molar-refractivity contribution in [3.63, 3.8) is 0 Å². The van der Waals surface area contributed by atoms with Crippen LogP contribution in [0.1, 0.15) is 12.8 Å². The fourth-order valence-electron chi connectivity index (χ4n) is 1.44. The van der Waals surface area contributed by atoms with Gasteiger partial charge in [-0.2, -0.15) is 0 Å². The number of nitrogens with one attached hydrogen (secondary N) is 1. The summed E-state index contributed by atoms with van der Waals surface area (Å²) in [7, 11) is 3.75. The van der Waals surface area contributed by atoms with Gasteiger partial charge in [0.1, 0.15) is 0 Å². The quantitative estimate of drug-likeness (QED) is 0.413. The molecule has 102 valence electrons. The monoisotopic (exact) mass is 245 g/mol. The van der Waals surface area contributed by atoms with Gasteiger partial charge in [0.15, 0.2) is 0 Å². The lowest BCUT2D eigenvalue weighted by molar-refractivity contribution is -0.122. The second-order valence-electron chi connectivity index (χ2n) is 4.40. The van der Waals surface area contributed by atoms with Gasteiger partial charge < -0.3 is 21.7 Å². The van der Waals surface area contributed by atoms with Crippen LogP contribution >= 0.6 is 0 Å². The van der Waals surface area contributed by atoms with Crippen LogP contribution in [0.3, 0.4) is 0 Å². The Labute approximate surface area is 104 Å². The van der Waals surface area contributed by atoms with Gasteiger partial charge in [-0.3, -0.25) is 9.69 Å². The lowest BCUT2D eigenvalue weighted by Gasteiger charge is -2.22. The molecule has 0 heterocycles. The molecule has 0 saturated carbocycles. The third kappa shape index (κ3) is 10.2. The van der Waals surface area contributed by atoms with Gasteiger partial charge in [-0.05, 0) is 40.0 Å². The largest absolute Gasteiger partial charge is 0.342 e. The molecule has 0 bridgehead atoms. The first-order valence-corrected chi connectivity index (χ1v) is 6.14. The van der Waals surface area contributed by atoms with Gasteiger partial charge in [0, 0.05) is 13.1 Å². The van der Waals surface area contributed by atoms with Crippen LogP contribution in [0, 0.1) is 0 Å². The molecule has 0 aromatic carbocycles. The molecular formula is C11H27N5O. The van der Waals surface area contributed by atoms with Gasteiger partial charge in [-0.15, -0.1) is 0 Å². The Morgan fingerprint density at radius 1 is 1.12 bits per heavy atom. The molecule has 0 aromatic heterocycles. The first-order valence-electron chi connectivity index (χ1n) is 6.14. The van der Waals surface area contributed by atoms with Crippen molar-refractivity contribution in [3.8, 4) is 0 Å². The summed E-state index contributed by atoms with van der Waals surface area (Å²) in [6.07, 6.45) is 1.88. The van der Waals surface area contributed by atoms with Crippen LogP contribution in [0.25, 0.3) is 0 Å². The van der Waals surface area contributed by atoms with E-state index < -0.39 is 0 Å². The van der Waals surface area contributed by atoms with Crippen LogP contribution in [0.4, 0.5) is 0 Å². The lowest BCUT2D eigenvalue weighted by atomic mass is 10.3. The van der Waals surface area contributed by atoms with Crippen molar-refractivity contribution in [1.29, 1.82) is 0 Å². The Balaban J connectivity index is 3.83. The van der Waals surface area contributed by atoms with Gasteiger partial charge >= 0.3 is 0 Å². The van der Waals surface area contributed by atoms with E-state index in [0.29, 0.717) is 26.3 Å². The predicted molar refractivity (Wildman–Crippen MR) is 70.5 cm³/mol. The summed E-state index contributed by atoms with van der Waals surface area (Å²) in [5.74, 6) is 0.0421. The fourth-order valence-corrected chi connectivity index (χ4v) is 1.44. The van der Waals surface area contributed by atoms with Crippen molar-refractivity contribution in [1.82, 2.24) is 15.1 Å². The highest BCUT2D eigenvalue weighted by Gasteiger charge is 2.07. The summed E-state index contributed by atoms with van der Waals surface area (Å²) < 4.78 is 0. The van der Waals surface area contributed by atoms with Gasteiger partial charge in [-0.25, -0.2) is 0 Å². The van der Waals surface area contributed by atoms with Crippen LogP contribution in [0.2, 0.25) is 0 Å². The summed E-state index contributed by atoms with van der Waals surface area (Å²) in [5, 5.41) is 2.90. The van der Waals surface area contributed by atoms with E-state index in [4.69, 9.17) is 11.5 Å². The molecule has 0 unspecified atom stereocenters. The molecule has 5 N–H and O–H groups in total. The standard InChI is InChI=1S/C11H27N5O/c1-15(2)9-11(17)14-10-16(7-3-5-12)8-4-6-13/h3-10,12-13H2,1-2H3,(H,14,17). The Bertz CT molecular complexity index is 190. The number of rotatable bonds is 10. The molecule has 0 radical (unpaired) electrons. The zero-order valence-electron chi connectivity index (χ0n) is 11.1. The van der Waals surface area contributed by atoms with Gasteiger partial charge in [-0.1, -0.05) is 0 Å². The van der Waals surface area contributed by atoms with Gasteiger partial charge in [0.05, 0.1) is 13.2 Å². The molecule has 0 aromatic rings. The third-order valence-corrected chi connectivity index (χ3v) is 2.32. The molecule has 6 heteroatoms. The molecule has 17 heavy (non-hydrogen) atoms. The molecule has 1 amide bonds. The van der Waals surface area contributed by atoms with Crippen LogP contribution < -0.4 is 16.8 Å². The van der Waals surface area contributed by atoms with Crippen molar-refractivity contribution in [2.75, 3.05) is 53.5 Å². The van der Waals surface area contributed by atoms with Crippen molar-refractivity contribution in [3.05, 3.63) is 0 Å². The zero-order chi connectivity index (χ0) is 13.1. The molecule has 0 aliphatic heterocycles. The summed E-state index contributed by atoms with van der Waals surface area (Å²) in [5.41, 5.74) is 11.0. The minimum atomic E-state index is 0.0421. The number of nitrogens with zero attached hydrogens (tertiary/aromatic N) is 2. The molecule has 0 atom stereocenters. The van der Waals surface area contributed by atoms with E-state index in [-0.39, 0.29) is 5.91 Å². The van der Waals surface area contributed by atoms with Crippen molar-refractivity contribution in [2.45, 2.75) is 12.8 Å². The van der Waals surface area contributed by atoms with Crippen LogP contribution in [-0.2, 0) is 4.79 Å². The van der Waals surface area contributed by atoms with Gasteiger partial charge in [0.25, 0.3) is 0 Å². The molecule has 6 nitrogen and oxygen atoms in total. The van der Waals surface area contributed by atoms with E-state index in [1.807, 2.05) is 19.0 Å². The maximum atomic E-state index is 11.5. The maximum Gasteiger partial charge on any atom is 0.235 e. The SMILES string of the molecule is CN(C)CC(=O)NCN(CCCN)CCCN. The highest BCUT2D eigenvalue weighted by molar-refractivity contribution is 5.77. The maximum absolute atomic E-state index is 11.5. The van der Waals surface area contributed by atoms with E-state index in [1.54, 1.807) is 0 Å². The minimum absolute atomic E-state index is 0.0421. The average Bonchev–Trinajstić information content (AvgIpc) is 2.27. The first-order chi connectivity index (χ1) is 8.10. The number of amides is 1. The van der Waals surface area contributed by atoms with Crippen molar-refractivity contribution in [2.24, 2.45) is 11.5 Å². The van der Waals surface area contributed by atoms with Crippen molar-refractivity contribution < 1.29 is 4.79 Å². The van der Waals surface area contributed by atoms with Crippen LogP contribution in [0.5, 0.6) is 0 Å². The fraction of sp³-hybridized carbons (Fsp3) is 0.909.